The minimum atomic E-state index is -0.723. The third-order valence-electron chi connectivity index (χ3n) is 3.27. The normalized spacial score (nSPS) is 24.1. The molecule has 1 fully saturated rings. The quantitative estimate of drug-likeness (QED) is 0.708. The number of carbonyl (C=O) groups is 3. The molecule has 0 aromatic rings. The molecule has 0 unspecified atom stereocenters. The van der Waals surface area contributed by atoms with Crippen LogP contribution in [0.4, 0.5) is 0 Å². The van der Waals surface area contributed by atoms with E-state index in [1.54, 1.807) is 20.8 Å². The van der Waals surface area contributed by atoms with Crippen LogP contribution < -0.4 is 11.1 Å². The zero-order chi connectivity index (χ0) is 13.9. The van der Waals surface area contributed by atoms with Crippen LogP contribution in [0.5, 0.6) is 0 Å². The first-order valence-electron chi connectivity index (χ1n) is 5.97. The molecular weight excluding hydrogens is 236 g/mol. The zero-order valence-electron chi connectivity index (χ0n) is 11.0. The number of nitrogens with two attached hydrogens (primary N) is 1. The van der Waals surface area contributed by atoms with Crippen LogP contribution in [0, 0.1) is 5.41 Å². The highest BCUT2D eigenvalue weighted by Crippen LogP contribution is 2.21. The number of hydrogen-bond acceptors (Lipinski definition) is 4. The standard InChI is InChI=1S/C12H20N2O4/c1-7-10(8(15)6-18-7)14-9(16)4-5-12(2,3)11(13)17/h7,10H,4-6H2,1-3H3,(H2,13,17)(H,14,16)/t7-,10-/m0/s1. The summed E-state index contributed by atoms with van der Waals surface area (Å²) < 4.78 is 5.12. The lowest BCUT2D eigenvalue weighted by molar-refractivity contribution is -0.129. The van der Waals surface area contributed by atoms with E-state index in [0.29, 0.717) is 6.42 Å². The lowest BCUT2D eigenvalue weighted by atomic mass is 9.87. The van der Waals surface area contributed by atoms with Crippen molar-refractivity contribution in [1.82, 2.24) is 5.32 Å². The van der Waals surface area contributed by atoms with E-state index < -0.39 is 17.4 Å². The average Bonchev–Trinajstić information content (AvgIpc) is 2.58. The van der Waals surface area contributed by atoms with Gasteiger partial charge < -0.3 is 15.8 Å². The van der Waals surface area contributed by atoms with Gasteiger partial charge in [-0.2, -0.15) is 0 Å². The van der Waals surface area contributed by atoms with Gasteiger partial charge in [0, 0.05) is 11.8 Å². The van der Waals surface area contributed by atoms with E-state index in [4.69, 9.17) is 10.5 Å². The van der Waals surface area contributed by atoms with Gasteiger partial charge in [-0.15, -0.1) is 0 Å². The Morgan fingerprint density at radius 3 is 2.56 bits per heavy atom. The molecule has 2 atom stereocenters. The molecule has 3 N–H and O–H groups in total. The second kappa shape index (κ2) is 5.48. The number of primary amides is 1. The number of rotatable bonds is 5. The average molecular weight is 256 g/mol. The van der Waals surface area contributed by atoms with Crippen LogP contribution in [-0.4, -0.2) is 36.4 Å². The molecular formula is C12H20N2O4. The van der Waals surface area contributed by atoms with Gasteiger partial charge >= 0.3 is 0 Å². The highest BCUT2D eigenvalue weighted by atomic mass is 16.5. The number of amides is 2. The topological polar surface area (TPSA) is 98.5 Å². The van der Waals surface area contributed by atoms with Crippen molar-refractivity contribution in [3.8, 4) is 0 Å². The Kier molecular flexibility index (Phi) is 4.45. The van der Waals surface area contributed by atoms with Crippen LogP contribution in [0.3, 0.4) is 0 Å². The Labute approximate surface area is 106 Å². The molecule has 18 heavy (non-hydrogen) atoms. The van der Waals surface area contributed by atoms with Gasteiger partial charge in [-0.3, -0.25) is 14.4 Å². The Hall–Kier alpha value is -1.43. The van der Waals surface area contributed by atoms with Crippen molar-refractivity contribution < 1.29 is 19.1 Å². The molecule has 0 radical (unpaired) electrons. The molecule has 2 amide bonds. The van der Waals surface area contributed by atoms with E-state index in [1.165, 1.54) is 0 Å². The molecule has 1 rings (SSSR count). The van der Waals surface area contributed by atoms with E-state index in [-0.39, 0.29) is 30.8 Å². The number of nitrogens with one attached hydrogen (secondary N) is 1. The lowest BCUT2D eigenvalue weighted by Gasteiger charge is -2.20. The van der Waals surface area contributed by atoms with Crippen LogP contribution >= 0.6 is 0 Å². The first-order valence-corrected chi connectivity index (χ1v) is 5.97. The molecule has 0 aliphatic carbocycles. The van der Waals surface area contributed by atoms with Gasteiger partial charge in [0.1, 0.15) is 12.6 Å². The molecule has 0 aromatic carbocycles. The number of ether oxygens (including phenoxy) is 1. The minimum absolute atomic E-state index is 0.0406. The van der Waals surface area contributed by atoms with E-state index in [1.807, 2.05) is 0 Å². The highest BCUT2D eigenvalue weighted by molar-refractivity contribution is 5.92. The summed E-state index contributed by atoms with van der Waals surface area (Å²) in [6.45, 7) is 5.16. The van der Waals surface area contributed by atoms with Crippen molar-refractivity contribution in [2.45, 2.75) is 45.8 Å². The summed E-state index contributed by atoms with van der Waals surface area (Å²) in [5, 5.41) is 2.62. The highest BCUT2D eigenvalue weighted by Gasteiger charge is 2.34. The summed E-state index contributed by atoms with van der Waals surface area (Å²) >= 11 is 0. The predicted octanol–water partition coefficient (Wildman–Crippen LogP) is -0.249. The van der Waals surface area contributed by atoms with Crippen molar-refractivity contribution in [3.05, 3.63) is 0 Å². The second-order valence-corrected chi connectivity index (χ2v) is 5.28. The van der Waals surface area contributed by atoms with Crippen molar-refractivity contribution in [2.24, 2.45) is 11.1 Å². The zero-order valence-corrected chi connectivity index (χ0v) is 11.0. The first-order chi connectivity index (χ1) is 8.24. The van der Waals surface area contributed by atoms with Crippen molar-refractivity contribution >= 4 is 17.6 Å². The molecule has 6 nitrogen and oxygen atoms in total. The Morgan fingerprint density at radius 1 is 1.50 bits per heavy atom. The van der Waals surface area contributed by atoms with Gasteiger partial charge in [0.2, 0.25) is 11.8 Å². The third-order valence-corrected chi connectivity index (χ3v) is 3.27. The molecule has 0 aromatic heterocycles. The number of Topliss-reactive ketones (excluding diaryl/α,β-unsaturated/α-hetero) is 1. The third kappa shape index (κ3) is 3.53. The fourth-order valence-corrected chi connectivity index (χ4v) is 1.65. The lowest BCUT2D eigenvalue weighted by Crippen LogP contribution is -2.44. The summed E-state index contributed by atoms with van der Waals surface area (Å²) in [6.07, 6.45) is 0.210. The van der Waals surface area contributed by atoms with Gasteiger partial charge in [0.25, 0.3) is 0 Å². The van der Waals surface area contributed by atoms with E-state index in [0.717, 1.165) is 0 Å². The van der Waals surface area contributed by atoms with E-state index in [9.17, 15) is 14.4 Å². The summed E-state index contributed by atoms with van der Waals surface area (Å²) in [7, 11) is 0. The van der Waals surface area contributed by atoms with Gasteiger partial charge in [-0.25, -0.2) is 0 Å². The maximum Gasteiger partial charge on any atom is 0.223 e. The van der Waals surface area contributed by atoms with Crippen LogP contribution in [0.1, 0.15) is 33.6 Å². The number of ketones is 1. The Balaban J connectivity index is 2.43. The molecule has 102 valence electrons. The van der Waals surface area contributed by atoms with Gasteiger partial charge in [-0.05, 0) is 13.3 Å². The Morgan fingerprint density at radius 2 is 2.11 bits per heavy atom. The Bertz CT molecular complexity index is 365. The molecule has 6 heteroatoms. The number of hydrogen-bond donors (Lipinski definition) is 2. The maximum absolute atomic E-state index is 11.7. The summed E-state index contributed by atoms with van der Waals surface area (Å²) in [4.78, 5) is 34.2. The van der Waals surface area contributed by atoms with Crippen LogP contribution in [0.2, 0.25) is 0 Å². The van der Waals surface area contributed by atoms with E-state index >= 15 is 0 Å². The van der Waals surface area contributed by atoms with Gasteiger partial charge in [0.15, 0.2) is 5.78 Å². The second-order valence-electron chi connectivity index (χ2n) is 5.28. The van der Waals surface area contributed by atoms with Crippen LogP contribution in [0.25, 0.3) is 0 Å². The first kappa shape index (κ1) is 14.6. The summed E-state index contributed by atoms with van der Waals surface area (Å²) in [5.74, 6) is -0.825. The van der Waals surface area contributed by atoms with Gasteiger partial charge in [0.05, 0.1) is 6.10 Å². The van der Waals surface area contributed by atoms with E-state index in [2.05, 4.69) is 5.32 Å². The molecule has 1 heterocycles. The summed E-state index contributed by atoms with van der Waals surface area (Å²) in [5.41, 5.74) is 4.50. The predicted molar refractivity (Wildman–Crippen MR) is 64.6 cm³/mol. The minimum Gasteiger partial charge on any atom is -0.369 e. The monoisotopic (exact) mass is 256 g/mol. The summed E-state index contributed by atoms with van der Waals surface area (Å²) in [6, 6.07) is -0.575. The van der Waals surface area contributed by atoms with Crippen LogP contribution in [0.15, 0.2) is 0 Å². The largest absolute Gasteiger partial charge is 0.369 e. The SMILES string of the molecule is C[C@@H]1OCC(=O)[C@H]1NC(=O)CCC(C)(C)C(N)=O. The fraction of sp³-hybridized carbons (Fsp3) is 0.750. The number of carbonyl (C=O) groups excluding carboxylic acids is 3. The van der Waals surface area contributed by atoms with Gasteiger partial charge in [-0.1, -0.05) is 13.8 Å². The molecule has 0 saturated carbocycles. The molecule has 0 bridgehead atoms. The van der Waals surface area contributed by atoms with Crippen LogP contribution in [-0.2, 0) is 19.1 Å². The molecule has 1 saturated heterocycles. The van der Waals surface area contributed by atoms with Crippen molar-refractivity contribution in [1.29, 1.82) is 0 Å². The molecule has 1 aliphatic heterocycles. The smallest absolute Gasteiger partial charge is 0.223 e. The van der Waals surface area contributed by atoms with Crippen molar-refractivity contribution in [3.63, 3.8) is 0 Å². The molecule has 1 aliphatic rings. The fourth-order valence-electron chi connectivity index (χ4n) is 1.65. The maximum atomic E-state index is 11.7. The van der Waals surface area contributed by atoms with Crippen molar-refractivity contribution in [2.75, 3.05) is 6.61 Å². The molecule has 0 spiro atoms.